The van der Waals surface area contributed by atoms with E-state index in [-0.39, 0.29) is 0 Å². The summed E-state index contributed by atoms with van der Waals surface area (Å²) in [7, 11) is 1.67. The summed E-state index contributed by atoms with van der Waals surface area (Å²) in [6.07, 6.45) is 12.6. The summed E-state index contributed by atoms with van der Waals surface area (Å²) in [4.78, 5) is 22.8. The first-order valence-corrected chi connectivity index (χ1v) is 14.3. The van der Waals surface area contributed by atoms with E-state index in [1.165, 1.54) is 0 Å². The number of nitrogens with one attached hydrogen (secondary N) is 2. The molecule has 0 bridgehead atoms. The lowest BCUT2D eigenvalue weighted by atomic mass is 10.1. The molecule has 0 amide bonds. The Morgan fingerprint density at radius 1 is 0.930 bits per heavy atom. The number of hydrogen-bond acceptors (Lipinski definition) is 7. The van der Waals surface area contributed by atoms with Gasteiger partial charge in [-0.05, 0) is 47.9 Å². The number of pyridine rings is 2. The SMILES string of the molecule is COc1cccc(-c2cncc3[nH]c(C4=CCCNc5ccc(C6=CCN=CC(OCc7ccccc7)=C6)nc54)nc23)c1. The smallest absolute Gasteiger partial charge is 0.140 e. The molecule has 3 aromatic heterocycles. The molecule has 0 aliphatic carbocycles. The normalized spacial score (nSPS) is 14.5. The summed E-state index contributed by atoms with van der Waals surface area (Å²) in [6, 6.07) is 22.2. The van der Waals surface area contributed by atoms with Gasteiger partial charge in [0.2, 0.25) is 0 Å². The quantitative estimate of drug-likeness (QED) is 0.224. The van der Waals surface area contributed by atoms with Gasteiger partial charge in [0.15, 0.2) is 0 Å². The molecule has 7 rings (SSSR count). The van der Waals surface area contributed by atoms with Crippen LogP contribution in [0.4, 0.5) is 5.69 Å². The molecule has 2 aliphatic rings. The number of H-pyrrole nitrogens is 1. The molecular formula is C35H30N6O2. The second-order valence-corrected chi connectivity index (χ2v) is 10.3. The molecule has 8 nitrogen and oxygen atoms in total. The van der Waals surface area contributed by atoms with Crippen LogP contribution < -0.4 is 10.1 Å². The number of anilines is 1. The van der Waals surface area contributed by atoms with E-state index in [9.17, 15) is 0 Å². The Balaban J connectivity index is 1.24. The van der Waals surface area contributed by atoms with Gasteiger partial charge in [-0.3, -0.25) is 9.98 Å². The zero-order valence-corrected chi connectivity index (χ0v) is 23.7. The minimum Gasteiger partial charge on any atom is -0.497 e. The average Bonchev–Trinajstić information content (AvgIpc) is 3.20. The highest BCUT2D eigenvalue weighted by atomic mass is 16.5. The highest BCUT2D eigenvalue weighted by Gasteiger charge is 2.21. The number of fused-ring (bicyclic) bond motifs is 2. The molecule has 212 valence electrons. The summed E-state index contributed by atoms with van der Waals surface area (Å²) < 4.78 is 11.6. The van der Waals surface area contributed by atoms with Gasteiger partial charge in [-0.1, -0.05) is 54.6 Å². The molecule has 2 N–H and O–H groups in total. The number of imidazole rings is 1. The Morgan fingerprint density at radius 2 is 1.86 bits per heavy atom. The van der Waals surface area contributed by atoms with Crippen LogP contribution in [0.25, 0.3) is 33.3 Å². The summed E-state index contributed by atoms with van der Waals surface area (Å²) in [6.45, 7) is 1.83. The Morgan fingerprint density at radius 3 is 2.77 bits per heavy atom. The maximum Gasteiger partial charge on any atom is 0.140 e. The number of benzene rings is 2. The lowest BCUT2D eigenvalue weighted by Gasteiger charge is -2.12. The van der Waals surface area contributed by atoms with Crippen molar-refractivity contribution in [2.24, 2.45) is 4.99 Å². The molecule has 5 heterocycles. The molecule has 2 aliphatic heterocycles. The average molecular weight is 567 g/mol. The van der Waals surface area contributed by atoms with Crippen molar-refractivity contribution in [2.45, 2.75) is 13.0 Å². The lowest BCUT2D eigenvalue weighted by Crippen LogP contribution is -2.04. The Bertz CT molecular complexity index is 1920. The first-order valence-electron chi connectivity index (χ1n) is 14.3. The molecule has 8 heteroatoms. The number of hydrogen-bond donors (Lipinski definition) is 2. The van der Waals surface area contributed by atoms with Crippen LogP contribution in [0.3, 0.4) is 0 Å². The van der Waals surface area contributed by atoms with Crippen molar-refractivity contribution in [3.63, 3.8) is 0 Å². The molecule has 0 unspecified atom stereocenters. The summed E-state index contributed by atoms with van der Waals surface area (Å²) in [5, 5.41) is 3.53. The Hall–Kier alpha value is -5.50. The fourth-order valence-electron chi connectivity index (χ4n) is 5.30. The maximum atomic E-state index is 6.11. The third-order valence-electron chi connectivity index (χ3n) is 7.47. The molecular weight excluding hydrogens is 536 g/mol. The maximum absolute atomic E-state index is 6.11. The van der Waals surface area contributed by atoms with Gasteiger partial charge < -0.3 is 19.8 Å². The molecule has 43 heavy (non-hydrogen) atoms. The second-order valence-electron chi connectivity index (χ2n) is 10.3. The van der Waals surface area contributed by atoms with Crippen molar-refractivity contribution < 1.29 is 9.47 Å². The van der Waals surface area contributed by atoms with Gasteiger partial charge in [0.1, 0.15) is 23.9 Å². The van der Waals surface area contributed by atoms with E-state index in [0.717, 1.165) is 80.5 Å². The van der Waals surface area contributed by atoms with Crippen LogP contribution in [0, 0.1) is 0 Å². The number of rotatable bonds is 7. The Kier molecular flexibility index (Phi) is 7.23. The first kappa shape index (κ1) is 26.4. The number of ether oxygens (including phenoxy) is 2. The van der Waals surface area contributed by atoms with Crippen LogP contribution in [0.1, 0.15) is 29.2 Å². The largest absolute Gasteiger partial charge is 0.497 e. The minimum atomic E-state index is 0.471. The standard InChI is InChI=1S/C35H30N6O2/c1-42-26-10-5-9-24(17-26)29-20-37-21-32-34(29)41-35(40-32)28-11-6-15-38-31-13-12-30(39-33(28)31)25-14-16-36-19-27(18-25)43-22-23-7-3-2-4-8-23/h2-5,7-14,17-21,38H,6,15-16,22H2,1H3,(H,40,41). The number of aromatic amines is 1. The van der Waals surface area contributed by atoms with E-state index >= 15 is 0 Å². The predicted octanol–water partition coefficient (Wildman–Crippen LogP) is 6.84. The summed E-state index contributed by atoms with van der Waals surface area (Å²) >= 11 is 0. The predicted molar refractivity (Wildman–Crippen MR) is 171 cm³/mol. The van der Waals surface area contributed by atoms with Gasteiger partial charge in [0.05, 0.1) is 54.2 Å². The van der Waals surface area contributed by atoms with Crippen molar-refractivity contribution in [3.8, 4) is 16.9 Å². The molecule has 0 spiro atoms. The second kappa shape index (κ2) is 11.8. The van der Waals surface area contributed by atoms with Gasteiger partial charge in [-0.2, -0.15) is 0 Å². The molecule has 0 saturated carbocycles. The van der Waals surface area contributed by atoms with Crippen LogP contribution in [0.15, 0.2) is 108 Å². The van der Waals surface area contributed by atoms with Crippen LogP contribution in [-0.4, -0.2) is 46.3 Å². The molecule has 5 aromatic rings. The van der Waals surface area contributed by atoms with E-state index in [4.69, 9.17) is 19.4 Å². The minimum absolute atomic E-state index is 0.471. The van der Waals surface area contributed by atoms with Crippen molar-refractivity contribution in [2.75, 3.05) is 25.5 Å². The summed E-state index contributed by atoms with van der Waals surface area (Å²) in [5.74, 6) is 2.24. The van der Waals surface area contributed by atoms with Gasteiger partial charge in [-0.15, -0.1) is 0 Å². The monoisotopic (exact) mass is 566 g/mol. The van der Waals surface area contributed by atoms with Gasteiger partial charge in [0, 0.05) is 29.5 Å². The van der Waals surface area contributed by atoms with E-state index in [2.05, 4.69) is 38.5 Å². The van der Waals surface area contributed by atoms with E-state index in [0.29, 0.717) is 18.9 Å². The molecule has 0 fully saturated rings. The Labute approximate surface area is 249 Å². The van der Waals surface area contributed by atoms with E-state index in [1.54, 1.807) is 13.3 Å². The molecule has 0 radical (unpaired) electrons. The molecule has 2 aromatic carbocycles. The van der Waals surface area contributed by atoms with Gasteiger partial charge >= 0.3 is 0 Å². The van der Waals surface area contributed by atoms with Crippen LogP contribution in [0.2, 0.25) is 0 Å². The summed E-state index contributed by atoms with van der Waals surface area (Å²) in [5.41, 5.74) is 9.30. The third kappa shape index (κ3) is 5.55. The van der Waals surface area contributed by atoms with E-state index < -0.39 is 0 Å². The van der Waals surface area contributed by atoms with Gasteiger partial charge in [-0.25, -0.2) is 9.97 Å². The zero-order valence-electron chi connectivity index (χ0n) is 23.7. The topological polar surface area (TPSA) is 97.3 Å². The van der Waals surface area contributed by atoms with Crippen molar-refractivity contribution in [1.82, 2.24) is 19.9 Å². The van der Waals surface area contributed by atoms with Crippen LogP contribution in [-0.2, 0) is 11.3 Å². The number of aromatic nitrogens is 4. The zero-order chi connectivity index (χ0) is 29.0. The lowest BCUT2D eigenvalue weighted by molar-refractivity contribution is 0.219. The number of allylic oxidation sites excluding steroid dienone is 3. The number of aliphatic imine (C=N–C) groups is 1. The fraction of sp³-hybridized carbons (Fsp3) is 0.143. The van der Waals surface area contributed by atoms with Crippen LogP contribution in [0.5, 0.6) is 5.75 Å². The van der Waals surface area contributed by atoms with Crippen molar-refractivity contribution in [1.29, 1.82) is 0 Å². The first-order chi connectivity index (χ1) is 21.2. The number of nitrogens with zero attached hydrogens (tertiary/aromatic N) is 4. The van der Waals surface area contributed by atoms with E-state index in [1.807, 2.05) is 79.1 Å². The number of methoxy groups -OCH3 is 1. The van der Waals surface area contributed by atoms with Crippen molar-refractivity contribution >= 4 is 34.1 Å². The van der Waals surface area contributed by atoms with Crippen LogP contribution >= 0.6 is 0 Å². The highest BCUT2D eigenvalue weighted by Crippen LogP contribution is 2.34. The van der Waals surface area contributed by atoms with Crippen molar-refractivity contribution in [3.05, 3.63) is 126 Å². The third-order valence-corrected chi connectivity index (χ3v) is 7.47. The highest BCUT2D eigenvalue weighted by molar-refractivity contribution is 5.94. The molecule has 0 saturated heterocycles. The fourth-order valence-corrected chi connectivity index (χ4v) is 5.30. The molecule has 0 atom stereocenters. The van der Waals surface area contributed by atoms with Gasteiger partial charge in [0.25, 0.3) is 0 Å².